The minimum Gasteiger partial charge on any atom is -0.435 e. The first kappa shape index (κ1) is 19.5. The van der Waals surface area contributed by atoms with Crippen LogP contribution in [0, 0.1) is 0 Å². The van der Waals surface area contributed by atoms with Gasteiger partial charge in [-0.25, -0.2) is 9.67 Å². The highest BCUT2D eigenvalue weighted by atomic mass is 19.3. The summed E-state index contributed by atoms with van der Waals surface area (Å²) in [5.74, 6) is -0.232. The zero-order valence-corrected chi connectivity index (χ0v) is 16.1. The Morgan fingerprint density at radius 2 is 1.80 bits per heavy atom. The Morgan fingerprint density at radius 1 is 1.07 bits per heavy atom. The van der Waals surface area contributed by atoms with Crippen LogP contribution in [-0.4, -0.2) is 39.2 Å². The molecule has 0 saturated heterocycles. The number of fused-ring (bicyclic) bond motifs is 1. The molecule has 0 saturated carbocycles. The van der Waals surface area contributed by atoms with Crippen molar-refractivity contribution in [3.05, 3.63) is 84.4 Å². The van der Waals surface area contributed by atoms with Crippen molar-refractivity contribution in [2.75, 3.05) is 7.05 Å². The number of halogens is 2. The molecule has 0 bridgehead atoms. The molecule has 0 unspecified atom stereocenters. The topological polar surface area (TPSA) is 60.2 Å². The van der Waals surface area contributed by atoms with Crippen molar-refractivity contribution in [3.63, 3.8) is 0 Å². The Labute approximate surface area is 171 Å². The normalized spacial score (nSPS) is 11.1. The Kier molecular flexibility index (Phi) is 5.38. The third-order valence-corrected chi connectivity index (χ3v) is 4.64. The molecule has 0 aliphatic carbocycles. The molecule has 0 atom stereocenters. The van der Waals surface area contributed by atoms with E-state index in [1.807, 2.05) is 42.5 Å². The van der Waals surface area contributed by atoms with Crippen LogP contribution in [0.5, 0.6) is 5.75 Å². The summed E-state index contributed by atoms with van der Waals surface area (Å²) in [5.41, 5.74) is 1.60. The lowest BCUT2D eigenvalue weighted by molar-refractivity contribution is -0.0498. The first-order chi connectivity index (χ1) is 14.5. The molecular formula is C22H18F2N4O2. The molecule has 152 valence electrons. The summed E-state index contributed by atoms with van der Waals surface area (Å²) in [7, 11) is 1.70. The third-order valence-electron chi connectivity index (χ3n) is 4.64. The average Bonchev–Trinajstić information content (AvgIpc) is 3.24. The predicted molar refractivity (Wildman–Crippen MR) is 108 cm³/mol. The van der Waals surface area contributed by atoms with Gasteiger partial charge in [-0.15, -0.1) is 5.10 Å². The molecule has 6 nitrogen and oxygen atoms in total. The van der Waals surface area contributed by atoms with Crippen molar-refractivity contribution >= 4 is 16.7 Å². The first-order valence-electron chi connectivity index (χ1n) is 9.20. The Balaban J connectivity index is 1.49. The molecular weight excluding hydrogens is 390 g/mol. The Morgan fingerprint density at radius 3 is 2.57 bits per heavy atom. The van der Waals surface area contributed by atoms with E-state index < -0.39 is 6.61 Å². The molecule has 0 radical (unpaired) electrons. The van der Waals surface area contributed by atoms with Gasteiger partial charge < -0.3 is 9.64 Å². The van der Waals surface area contributed by atoms with Crippen molar-refractivity contribution in [2.45, 2.75) is 13.2 Å². The molecule has 1 heterocycles. The van der Waals surface area contributed by atoms with Crippen LogP contribution >= 0.6 is 0 Å². The smallest absolute Gasteiger partial charge is 0.387 e. The number of carbonyl (C=O) groups is 1. The summed E-state index contributed by atoms with van der Waals surface area (Å²) in [6, 6.07) is 19.9. The maximum atomic E-state index is 12.8. The van der Waals surface area contributed by atoms with Gasteiger partial charge in [0.15, 0.2) is 0 Å². The zero-order chi connectivity index (χ0) is 21.1. The second-order valence-electron chi connectivity index (χ2n) is 6.68. The predicted octanol–water partition coefficient (Wildman–Crippen LogP) is 4.29. The van der Waals surface area contributed by atoms with Crippen molar-refractivity contribution in [2.24, 2.45) is 0 Å². The lowest BCUT2D eigenvalue weighted by Crippen LogP contribution is -2.27. The summed E-state index contributed by atoms with van der Waals surface area (Å²) in [6.07, 6.45) is 1.40. The van der Waals surface area contributed by atoms with E-state index in [0.29, 0.717) is 12.2 Å². The number of nitrogens with zero attached hydrogens (tertiary/aromatic N) is 4. The summed E-state index contributed by atoms with van der Waals surface area (Å²) in [4.78, 5) is 18.4. The number of aromatic nitrogens is 3. The van der Waals surface area contributed by atoms with E-state index in [-0.39, 0.29) is 17.5 Å². The highest BCUT2D eigenvalue weighted by Crippen LogP contribution is 2.20. The maximum Gasteiger partial charge on any atom is 0.387 e. The second kappa shape index (κ2) is 8.28. The Hall–Kier alpha value is -3.81. The quantitative estimate of drug-likeness (QED) is 0.477. The fraction of sp³-hybridized carbons (Fsp3) is 0.136. The highest BCUT2D eigenvalue weighted by molar-refractivity contribution is 5.91. The second-order valence-corrected chi connectivity index (χ2v) is 6.68. The molecule has 0 fully saturated rings. The average molecular weight is 408 g/mol. The fourth-order valence-corrected chi connectivity index (χ4v) is 3.19. The lowest BCUT2D eigenvalue weighted by atomic mass is 10.0. The van der Waals surface area contributed by atoms with E-state index >= 15 is 0 Å². The van der Waals surface area contributed by atoms with Crippen LogP contribution in [0.2, 0.25) is 0 Å². The Bertz CT molecular complexity index is 1170. The molecule has 0 N–H and O–H groups in total. The van der Waals surface area contributed by atoms with Crippen LogP contribution in [-0.2, 0) is 6.54 Å². The summed E-state index contributed by atoms with van der Waals surface area (Å²) >= 11 is 0. The molecule has 0 spiro atoms. The van der Waals surface area contributed by atoms with Gasteiger partial charge in [-0.05, 0) is 40.6 Å². The van der Waals surface area contributed by atoms with Crippen molar-refractivity contribution in [1.82, 2.24) is 19.7 Å². The number of alkyl halides is 2. The van der Waals surface area contributed by atoms with Gasteiger partial charge in [0, 0.05) is 13.6 Å². The molecule has 1 amide bonds. The van der Waals surface area contributed by atoms with E-state index in [1.54, 1.807) is 24.1 Å². The molecule has 0 aliphatic heterocycles. The van der Waals surface area contributed by atoms with Gasteiger partial charge in [0.1, 0.15) is 12.1 Å². The molecule has 4 aromatic rings. The van der Waals surface area contributed by atoms with Gasteiger partial charge >= 0.3 is 6.61 Å². The standard InChI is InChI=1S/C22H18F2N4O2/c1-27(13-16-7-4-6-15-5-2-3-8-19(15)16)21(29)20-25-14-28(26-20)17-9-11-18(12-10-17)30-22(23)24/h2-12,14,22H,13H2,1H3. The molecule has 4 rings (SSSR count). The van der Waals surface area contributed by atoms with Crippen LogP contribution in [0.3, 0.4) is 0 Å². The third kappa shape index (κ3) is 4.12. The SMILES string of the molecule is CN(Cc1cccc2ccccc12)C(=O)c1ncn(-c2ccc(OC(F)F)cc2)n1. The van der Waals surface area contributed by atoms with Crippen LogP contribution in [0.1, 0.15) is 16.2 Å². The molecule has 30 heavy (non-hydrogen) atoms. The maximum absolute atomic E-state index is 12.8. The number of ether oxygens (including phenoxy) is 1. The van der Waals surface area contributed by atoms with E-state index in [9.17, 15) is 13.6 Å². The highest BCUT2D eigenvalue weighted by Gasteiger charge is 2.18. The van der Waals surface area contributed by atoms with Gasteiger partial charge in [-0.3, -0.25) is 4.79 Å². The lowest BCUT2D eigenvalue weighted by Gasteiger charge is -2.16. The number of benzene rings is 3. The summed E-state index contributed by atoms with van der Waals surface area (Å²) < 4.78 is 30.3. The van der Waals surface area contributed by atoms with Gasteiger partial charge in [0.2, 0.25) is 5.82 Å². The van der Waals surface area contributed by atoms with Crippen molar-refractivity contribution in [3.8, 4) is 11.4 Å². The van der Waals surface area contributed by atoms with Gasteiger partial charge in [-0.1, -0.05) is 42.5 Å². The van der Waals surface area contributed by atoms with Crippen molar-refractivity contribution < 1.29 is 18.3 Å². The van der Waals surface area contributed by atoms with Crippen LogP contribution in [0.25, 0.3) is 16.5 Å². The molecule has 3 aromatic carbocycles. The monoisotopic (exact) mass is 408 g/mol. The van der Waals surface area contributed by atoms with Gasteiger partial charge in [0.05, 0.1) is 5.69 Å². The zero-order valence-electron chi connectivity index (χ0n) is 16.1. The van der Waals surface area contributed by atoms with E-state index in [0.717, 1.165) is 16.3 Å². The van der Waals surface area contributed by atoms with Crippen molar-refractivity contribution in [1.29, 1.82) is 0 Å². The van der Waals surface area contributed by atoms with Gasteiger partial charge in [-0.2, -0.15) is 8.78 Å². The summed E-state index contributed by atoms with van der Waals surface area (Å²) in [6.45, 7) is -2.47. The fourth-order valence-electron chi connectivity index (χ4n) is 3.19. The minimum absolute atomic E-state index is 0.0417. The largest absolute Gasteiger partial charge is 0.435 e. The number of amides is 1. The van der Waals surface area contributed by atoms with Crippen LogP contribution in [0.4, 0.5) is 8.78 Å². The minimum atomic E-state index is -2.89. The van der Waals surface area contributed by atoms with Crippen LogP contribution < -0.4 is 4.74 Å². The molecule has 1 aromatic heterocycles. The number of rotatable bonds is 6. The van der Waals surface area contributed by atoms with Gasteiger partial charge in [0.25, 0.3) is 5.91 Å². The number of carbonyl (C=O) groups excluding carboxylic acids is 1. The first-order valence-corrected chi connectivity index (χ1v) is 9.20. The summed E-state index contributed by atoms with van der Waals surface area (Å²) in [5, 5.41) is 6.42. The number of hydrogen-bond donors (Lipinski definition) is 0. The molecule has 0 aliphatic rings. The van der Waals surface area contributed by atoms with Crippen LogP contribution in [0.15, 0.2) is 73.1 Å². The molecule has 8 heteroatoms. The van der Waals surface area contributed by atoms with E-state index in [1.165, 1.54) is 23.1 Å². The van der Waals surface area contributed by atoms with E-state index in [2.05, 4.69) is 14.8 Å². The van der Waals surface area contributed by atoms with E-state index in [4.69, 9.17) is 0 Å². The number of hydrogen-bond acceptors (Lipinski definition) is 4.